The average Bonchev–Trinajstić information content (AvgIpc) is 2.69. The minimum Gasteiger partial charge on any atom is -0.397 e. The molecule has 4 nitrogen and oxygen atoms in total. The van der Waals surface area contributed by atoms with Crippen molar-refractivity contribution in [2.75, 3.05) is 5.73 Å². The van der Waals surface area contributed by atoms with Crippen LogP contribution >= 0.6 is 11.3 Å². The summed E-state index contributed by atoms with van der Waals surface area (Å²) in [4.78, 5) is 18.5. The molecule has 0 saturated carbocycles. The summed E-state index contributed by atoms with van der Waals surface area (Å²) in [6.07, 6.45) is 3.05. The number of nitrogens with zero attached hydrogens (tertiary/aromatic N) is 1. The summed E-state index contributed by atoms with van der Waals surface area (Å²) in [6.45, 7) is 6.11. The standard InChI is InChI=1S/C14H17N3OS/c1-8-6-12(10(3)19-8)9(2)17-14(18)11-4-5-16-7-13(11)15/h4-7,9H,15H2,1-3H3,(H,17,18). The van der Waals surface area contributed by atoms with Gasteiger partial charge in [0.2, 0.25) is 0 Å². The van der Waals surface area contributed by atoms with Crippen LogP contribution in [0.1, 0.15) is 38.6 Å². The molecule has 100 valence electrons. The molecule has 0 aromatic carbocycles. The van der Waals surface area contributed by atoms with Gasteiger partial charge in [0.25, 0.3) is 5.91 Å². The first-order valence-corrected chi connectivity index (χ1v) is 6.88. The summed E-state index contributed by atoms with van der Waals surface area (Å²) in [5.41, 5.74) is 7.76. The molecule has 0 saturated heterocycles. The number of aryl methyl sites for hydroxylation is 2. The molecular weight excluding hydrogens is 258 g/mol. The average molecular weight is 275 g/mol. The normalized spacial score (nSPS) is 12.2. The van der Waals surface area contributed by atoms with Gasteiger partial charge in [0.05, 0.1) is 23.5 Å². The van der Waals surface area contributed by atoms with Crippen molar-refractivity contribution in [2.45, 2.75) is 26.8 Å². The van der Waals surface area contributed by atoms with Gasteiger partial charge in [-0.15, -0.1) is 11.3 Å². The summed E-state index contributed by atoms with van der Waals surface area (Å²) in [5.74, 6) is -0.171. The first-order chi connectivity index (χ1) is 8.99. The molecule has 19 heavy (non-hydrogen) atoms. The number of thiophene rings is 1. The molecule has 0 radical (unpaired) electrons. The number of anilines is 1. The molecule has 0 aliphatic heterocycles. The van der Waals surface area contributed by atoms with E-state index in [1.165, 1.54) is 16.0 Å². The Morgan fingerprint density at radius 1 is 1.47 bits per heavy atom. The molecule has 2 rings (SSSR count). The van der Waals surface area contributed by atoms with Gasteiger partial charge in [0, 0.05) is 16.0 Å². The van der Waals surface area contributed by atoms with Crippen molar-refractivity contribution in [3.63, 3.8) is 0 Å². The number of carbonyl (C=O) groups is 1. The Balaban J connectivity index is 2.15. The summed E-state index contributed by atoms with van der Waals surface area (Å²) >= 11 is 1.74. The van der Waals surface area contributed by atoms with Gasteiger partial charge in [0.1, 0.15) is 0 Å². The highest BCUT2D eigenvalue weighted by molar-refractivity contribution is 7.12. The van der Waals surface area contributed by atoms with E-state index in [4.69, 9.17) is 5.73 Å². The van der Waals surface area contributed by atoms with E-state index in [1.54, 1.807) is 23.6 Å². The number of rotatable bonds is 3. The number of hydrogen-bond donors (Lipinski definition) is 2. The van der Waals surface area contributed by atoms with Crippen LogP contribution in [0.15, 0.2) is 24.5 Å². The lowest BCUT2D eigenvalue weighted by molar-refractivity contribution is 0.0940. The number of nitrogen functional groups attached to an aromatic ring is 1. The molecule has 1 unspecified atom stereocenters. The number of amides is 1. The zero-order valence-electron chi connectivity index (χ0n) is 11.2. The zero-order chi connectivity index (χ0) is 14.0. The maximum absolute atomic E-state index is 12.2. The SMILES string of the molecule is Cc1cc(C(C)NC(=O)c2ccncc2N)c(C)s1. The van der Waals surface area contributed by atoms with Crippen molar-refractivity contribution in [2.24, 2.45) is 0 Å². The lowest BCUT2D eigenvalue weighted by Crippen LogP contribution is -2.27. The van der Waals surface area contributed by atoms with Gasteiger partial charge in [-0.05, 0) is 38.5 Å². The van der Waals surface area contributed by atoms with E-state index in [1.807, 2.05) is 6.92 Å². The molecule has 1 atom stereocenters. The Labute approximate surface area is 116 Å². The first-order valence-electron chi connectivity index (χ1n) is 6.06. The molecule has 2 heterocycles. The number of nitrogens with one attached hydrogen (secondary N) is 1. The van der Waals surface area contributed by atoms with Crippen LogP contribution in [0.5, 0.6) is 0 Å². The van der Waals surface area contributed by atoms with Crippen LogP contribution in [0.3, 0.4) is 0 Å². The highest BCUT2D eigenvalue weighted by atomic mass is 32.1. The quantitative estimate of drug-likeness (QED) is 0.905. The minimum atomic E-state index is -0.171. The number of nitrogens with two attached hydrogens (primary N) is 1. The third kappa shape index (κ3) is 2.93. The highest BCUT2D eigenvalue weighted by Gasteiger charge is 2.16. The van der Waals surface area contributed by atoms with Gasteiger partial charge in [0.15, 0.2) is 0 Å². The van der Waals surface area contributed by atoms with Crippen LogP contribution in [0.4, 0.5) is 5.69 Å². The van der Waals surface area contributed by atoms with Crippen LogP contribution in [0, 0.1) is 13.8 Å². The zero-order valence-corrected chi connectivity index (χ0v) is 12.0. The lowest BCUT2D eigenvalue weighted by Gasteiger charge is -2.14. The molecule has 0 aliphatic carbocycles. The van der Waals surface area contributed by atoms with E-state index in [0.717, 1.165) is 5.56 Å². The third-order valence-electron chi connectivity index (χ3n) is 2.99. The molecule has 1 amide bonds. The van der Waals surface area contributed by atoms with Crippen LogP contribution < -0.4 is 11.1 Å². The predicted octanol–water partition coefficient (Wildman–Crippen LogP) is 2.83. The van der Waals surface area contributed by atoms with Gasteiger partial charge in [-0.1, -0.05) is 0 Å². The van der Waals surface area contributed by atoms with Gasteiger partial charge in [-0.3, -0.25) is 9.78 Å². The van der Waals surface area contributed by atoms with E-state index in [9.17, 15) is 4.79 Å². The van der Waals surface area contributed by atoms with E-state index in [2.05, 4.69) is 30.2 Å². The van der Waals surface area contributed by atoms with Crippen LogP contribution in [-0.4, -0.2) is 10.9 Å². The van der Waals surface area contributed by atoms with Crippen LogP contribution in [0.2, 0.25) is 0 Å². The van der Waals surface area contributed by atoms with Gasteiger partial charge < -0.3 is 11.1 Å². The summed E-state index contributed by atoms with van der Waals surface area (Å²) in [5, 5.41) is 2.97. The van der Waals surface area contributed by atoms with Crippen molar-refractivity contribution in [1.29, 1.82) is 0 Å². The fourth-order valence-electron chi connectivity index (χ4n) is 2.05. The maximum atomic E-state index is 12.2. The molecule has 0 aliphatic rings. The van der Waals surface area contributed by atoms with Crippen molar-refractivity contribution in [3.8, 4) is 0 Å². The van der Waals surface area contributed by atoms with Crippen LogP contribution in [0.25, 0.3) is 0 Å². The summed E-state index contributed by atoms with van der Waals surface area (Å²) in [7, 11) is 0. The largest absolute Gasteiger partial charge is 0.397 e. The van der Waals surface area contributed by atoms with Gasteiger partial charge in [-0.25, -0.2) is 0 Å². The summed E-state index contributed by atoms with van der Waals surface area (Å²) < 4.78 is 0. The Hall–Kier alpha value is -1.88. The third-order valence-corrected chi connectivity index (χ3v) is 3.97. The first kappa shape index (κ1) is 13.5. The molecule has 0 fully saturated rings. The van der Waals surface area contributed by atoms with Crippen molar-refractivity contribution in [1.82, 2.24) is 10.3 Å². The monoisotopic (exact) mass is 275 g/mol. The number of carbonyl (C=O) groups excluding carboxylic acids is 1. The second-order valence-electron chi connectivity index (χ2n) is 4.53. The number of pyridine rings is 1. The highest BCUT2D eigenvalue weighted by Crippen LogP contribution is 2.26. The van der Waals surface area contributed by atoms with Crippen molar-refractivity contribution < 1.29 is 4.79 Å². The molecular formula is C14H17N3OS. The maximum Gasteiger partial charge on any atom is 0.253 e. The molecule has 0 spiro atoms. The number of aromatic nitrogens is 1. The van der Waals surface area contributed by atoms with E-state index < -0.39 is 0 Å². The van der Waals surface area contributed by atoms with Gasteiger partial charge >= 0.3 is 0 Å². The second-order valence-corrected chi connectivity index (χ2v) is 5.99. The number of hydrogen-bond acceptors (Lipinski definition) is 4. The minimum absolute atomic E-state index is 0.0370. The smallest absolute Gasteiger partial charge is 0.253 e. The Bertz CT molecular complexity index is 606. The Kier molecular flexibility index (Phi) is 3.85. The molecule has 2 aromatic heterocycles. The topological polar surface area (TPSA) is 68.0 Å². The fraction of sp³-hybridized carbons (Fsp3) is 0.286. The van der Waals surface area contributed by atoms with Crippen molar-refractivity contribution in [3.05, 3.63) is 45.4 Å². The van der Waals surface area contributed by atoms with E-state index >= 15 is 0 Å². The lowest BCUT2D eigenvalue weighted by atomic mass is 10.1. The van der Waals surface area contributed by atoms with E-state index in [-0.39, 0.29) is 11.9 Å². The molecule has 2 aromatic rings. The molecule has 0 bridgehead atoms. The van der Waals surface area contributed by atoms with Crippen LogP contribution in [-0.2, 0) is 0 Å². The van der Waals surface area contributed by atoms with E-state index in [0.29, 0.717) is 11.3 Å². The Morgan fingerprint density at radius 3 is 2.79 bits per heavy atom. The molecule has 5 heteroatoms. The van der Waals surface area contributed by atoms with Gasteiger partial charge in [-0.2, -0.15) is 0 Å². The predicted molar refractivity (Wildman–Crippen MR) is 78.3 cm³/mol. The Morgan fingerprint density at radius 2 is 2.21 bits per heavy atom. The fourth-order valence-corrected chi connectivity index (χ4v) is 3.07. The molecule has 3 N–H and O–H groups in total. The second kappa shape index (κ2) is 5.40. The van der Waals surface area contributed by atoms with Crippen molar-refractivity contribution >= 4 is 22.9 Å². The summed E-state index contributed by atoms with van der Waals surface area (Å²) in [6, 6.07) is 3.70.